The van der Waals surface area contributed by atoms with E-state index in [1.54, 1.807) is 0 Å². The first-order valence-electron chi connectivity index (χ1n) is 11.4. The summed E-state index contributed by atoms with van der Waals surface area (Å²) in [5.41, 5.74) is 10.8. The van der Waals surface area contributed by atoms with Crippen molar-refractivity contribution in [1.29, 1.82) is 0 Å². The molecule has 1 atom stereocenters. The number of rotatable bonds is 18. The van der Waals surface area contributed by atoms with Crippen LogP contribution < -0.4 is 0 Å². The highest BCUT2D eigenvalue weighted by molar-refractivity contribution is 5.14. The van der Waals surface area contributed by atoms with Crippen LogP contribution in [-0.2, 0) is 27.4 Å². The standard InChI is InChI=1S/C25H36N4O3/c1-23(31-19-8-15-27-28-26)32-20-10-17-29(21-24-11-4-2-5-12-24)16-9-18-30-22-25-13-6-3-7-14-25/h2-7,11-14,23H,8-10,15-22H2,1H3. The van der Waals surface area contributed by atoms with Crippen molar-refractivity contribution in [2.45, 2.75) is 45.6 Å². The van der Waals surface area contributed by atoms with Crippen LogP contribution in [-0.4, -0.2) is 50.6 Å². The van der Waals surface area contributed by atoms with Crippen LogP contribution in [0.3, 0.4) is 0 Å². The SMILES string of the molecule is CC(OCCCN=[N+]=[N-])OCCCN(CCCOCc1ccccc1)Cc1ccccc1. The molecule has 0 radical (unpaired) electrons. The van der Waals surface area contributed by atoms with Gasteiger partial charge in [-0.2, -0.15) is 0 Å². The van der Waals surface area contributed by atoms with Gasteiger partial charge in [0.05, 0.1) is 13.2 Å². The third kappa shape index (κ3) is 12.4. The van der Waals surface area contributed by atoms with E-state index < -0.39 is 0 Å². The fraction of sp³-hybridized carbons (Fsp3) is 0.520. The molecule has 0 saturated heterocycles. The molecule has 0 bridgehead atoms. The van der Waals surface area contributed by atoms with Gasteiger partial charge in [0, 0.05) is 44.3 Å². The predicted molar refractivity (Wildman–Crippen MR) is 127 cm³/mol. The molecule has 0 aliphatic rings. The van der Waals surface area contributed by atoms with Crippen LogP contribution in [0.15, 0.2) is 65.8 Å². The summed E-state index contributed by atoms with van der Waals surface area (Å²) in [5.74, 6) is 0. The molecular formula is C25H36N4O3. The van der Waals surface area contributed by atoms with Crippen LogP contribution in [0, 0.1) is 0 Å². The molecule has 2 rings (SSSR count). The molecule has 0 N–H and O–H groups in total. The first-order chi connectivity index (χ1) is 15.8. The number of nitrogens with zero attached hydrogens (tertiary/aromatic N) is 4. The van der Waals surface area contributed by atoms with Crippen molar-refractivity contribution < 1.29 is 14.2 Å². The largest absolute Gasteiger partial charge is 0.377 e. The minimum absolute atomic E-state index is 0.255. The number of hydrogen-bond acceptors (Lipinski definition) is 5. The highest BCUT2D eigenvalue weighted by Gasteiger charge is 2.08. The summed E-state index contributed by atoms with van der Waals surface area (Å²) in [6.45, 7) is 7.80. The van der Waals surface area contributed by atoms with E-state index in [9.17, 15) is 0 Å². The molecule has 7 nitrogen and oxygen atoms in total. The smallest absolute Gasteiger partial charge is 0.154 e. The lowest BCUT2D eigenvalue weighted by atomic mass is 10.2. The maximum absolute atomic E-state index is 8.27. The Bertz CT molecular complexity index is 754. The van der Waals surface area contributed by atoms with E-state index in [-0.39, 0.29) is 6.29 Å². The van der Waals surface area contributed by atoms with Crippen molar-refractivity contribution in [3.05, 3.63) is 82.2 Å². The summed E-state index contributed by atoms with van der Waals surface area (Å²) >= 11 is 0. The van der Waals surface area contributed by atoms with E-state index in [4.69, 9.17) is 19.7 Å². The van der Waals surface area contributed by atoms with E-state index in [1.807, 2.05) is 31.2 Å². The van der Waals surface area contributed by atoms with Crippen LogP contribution in [0.25, 0.3) is 10.4 Å². The summed E-state index contributed by atoms with van der Waals surface area (Å²) in [4.78, 5) is 5.18. The molecule has 7 heteroatoms. The van der Waals surface area contributed by atoms with E-state index in [0.717, 1.165) is 39.1 Å². The normalized spacial score (nSPS) is 11.9. The Morgan fingerprint density at radius 2 is 1.44 bits per heavy atom. The molecule has 174 valence electrons. The van der Waals surface area contributed by atoms with Crippen molar-refractivity contribution in [1.82, 2.24) is 4.90 Å². The van der Waals surface area contributed by atoms with Crippen molar-refractivity contribution in [2.24, 2.45) is 5.11 Å². The molecule has 0 aliphatic heterocycles. The Morgan fingerprint density at radius 1 is 0.844 bits per heavy atom. The van der Waals surface area contributed by atoms with Crippen LogP contribution in [0.5, 0.6) is 0 Å². The van der Waals surface area contributed by atoms with E-state index >= 15 is 0 Å². The summed E-state index contributed by atoms with van der Waals surface area (Å²) in [7, 11) is 0. The van der Waals surface area contributed by atoms with Crippen molar-refractivity contribution in [2.75, 3.05) is 39.5 Å². The molecule has 32 heavy (non-hydrogen) atoms. The lowest BCUT2D eigenvalue weighted by Crippen LogP contribution is -2.28. The molecule has 0 amide bonds. The van der Waals surface area contributed by atoms with Gasteiger partial charge in [0.25, 0.3) is 0 Å². The highest BCUT2D eigenvalue weighted by atomic mass is 16.7. The summed E-state index contributed by atoms with van der Waals surface area (Å²) in [5, 5.41) is 3.49. The first-order valence-corrected chi connectivity index (χ1v) is 11.4. The molecule has 0 fully saturated rings. The van der Waals surface area contributed by atoms with Gasteiger partial charge in [0.2, 0.25) is 0 Å². The highest BCUT2D eigenvalue weighted by Crippen LogP contribution is 2.08. The maximum atomic E-state index is 8.27. The second kappa shape index (κ2) is 17.2. The zero-order valence-electron chi connectivity index (χ0n) is 19.1. The van der Waals surface area contributed by atoms with Crippen LogP contribution in [0.1, 0.15) is 37.3 Å². The molecular weight excluding hydrogens is 404 g/mol. The van der Waals surface area contributed by atoms with Gasteiger partial charge in [0.15, 0.2) is 6.29 Å². The quantitative estimate of drug-likeness (QED) is 0.0998. The number of azide groups is 1. The maximum Gasteiger partial charge on any atom is 0.154 e. The molecule has 0 heterocycles. The summed E-state index contributed by atoms with van der Waals surface area (Å²) in [6, 6.07) is 20.8. The van der Waals surface area contributed by atoms with Crippen molar-refractivity contribution in [3.8, 4) is 0 Å². The van der Waals surface area contributed by atoms with Gasteiger partial charge >= 0.3 is 0 Å². The lowest BCUT2D eigenvalue weighted by molar-refractivity contribution is -0.131. The molecule has 0 spiro atoms. The topological polar surface area (TPSA) is 79.7 Å². The monoisotopic (exact) mass is 440 g/mol. The Kier molecular flexibility index (Phi) is 13.9. The van der Waals surface area contributed by atoms with Gasteiger partial charge in [-0.05, 0) is 42.8 Å². The molecule has 1 unspecified atom stereocenters. The third-order valence-corrected chi connectivity index (χ3v) is 4.91. The van der Waals surface area contributed by atoms with Gasteiger partial charge < -0.3 is 14.2 Å². The average molecular weight is 441 g/mol. The zero-order valence-corrected chi connectivity index (χ0v) is 19.1. The minimum Gasteiger partial charge on any atom is -0.377 e. The van der Waals surface area contributed by atoms with Gasteiger partial charge in [-0.1, -0.05) is 65.8 Å². The average Bonchev–Trinajstić information content (AvgIpc) is 2.82. The fourth-order valence-corrected chi connectivity index (χ4v) is 3.28. The zero-order chi connectivity index (χ0) is 22.7. The summed E-state index contributed by atoms with van der Waals surface area (Å²) in [6.07, 6.45) is 2.37. The fourth-order valence-electron chi connectivity index (χ4n) is 3.28. The minimum atomic E-state index is -0.255. The lowest BCUT2D eigenvalue weighted by Gasteiger charge is -2.23. The van der Waals surface area contributed by atoms with Gasteiger partial charge in [-0.25, -0.2) is 0 Å². The van der Waals surface area contributed by atoms with Crippen LogP contribution in [0.2, 0.25) is 0 Å². The van der Waals surface area contributed by atoms with E-state index in [0.29, 0.717) is 32.8 Å². The molecule has 2 aromatic rings. The first kappa shape index (κ1) is 25.8. The van der Waals surface area contributed by atoms with E-state index in [2.05, 4.69) is 51.3 Å². The third-order valence-electron chi connectivity index (χ3n) is 4.91. The second-order valence-corrected chi connectivity index (χ2v) is 7.62. The molecule has 0 saturated carbocycles. The molecule has 2 aromatic carbocycles. The summed E-state index contributed by atoms with van der Waals surface area (Å²) < 4.78 is 17.2. The number of ether oxygens (including phenoxy) is 3. The van der Waals surface area contributed by atoms with Crippen molar-refractivity contribution in [3.63, 3.8) is 0 Å². The predicted octanol–water partition coefficient (Wildman–Crippen LogP) is 5.57. The van der Waals surface area contributed by atoms with E-state index in [1.165, 1.54) is 11.1 Å². The van der Waals surface area contributed by atoms with Gasteiger partial charge in [0.1, 0.15) is 0 Å². The second-order valence-electron chi connectivity index (χ2n) is 7.62. The van der Waals surface area contributed by atoms with Gasteiger partial charge in [-0.3, -0.25) is 4.90 Å². The number of hydrogen-bond donors (Lipinski definition) is 0. The van der Waals surface area contributed by atoms with Crippen LogP contribution >= 0.6 is 0 Å². The Morgan fingerprint density at radius 3 is 2.09 bits per heavy atom. The Labute approximate surface area is 191 Å². The van der Waals surface area contributed by atoms with Gasteiger partial charge in [-0.15, -0.1) is 0 Å². The Hall–Kier alpha value is -2.41. The number of benzene rings is 2. The molecule has 0 aliphatic carbocycles. The Balaban J connectivity index is 1.64. The van der Waals surface area contributed by atoms with Crippen molar-refractivity contribution >= 4 is 0 Å². The molecule has 0 aromatic heterocycles. The van der Waals surface area contributed by atoms with Crippen LogP contribution in [0.4, 0.5) is 0 Å².